The minimum Gasteiger partial charge on any atom is -0.489 e. The summed E-state index contributed by atoms with van der Waals surface area (Å²) in [5.74, 6) is 0.869. The van der Waals surface area contributed by atoms with Crippen molar-refractivity contribution in [3.05, 3.63) is 65.2 Å². The number of hydrogen-bond acceptors (Lipinski definition) is 2. The predicted octanol–water partition coefficient (Wildman–Crippen LogP) is 3.03. The van der Waals surface area contributed by atoms with E-state index in [4.69, 9.17) is 10.5 Å². The van der Waals surface area contributed by atoms with Gasteiger partial charge in [-0.15, -0.1) is 0 Å². The molecule has 2 aromatic rings. The molecule has 0 heterocycles. The number of benzene rings is 2. The van der Waals surface area contributed by atoms with Crippen molar-refractivity contribution in [3.63, 3.8) is 0 Å². The molecular formula is C15H17NO. The first-order valence-corrected chi connectivity index (χ1v) is 5.75. The molecule has 0 radical (unpaired) electrons. The lowest BCUT2D eigenvalue weighted by atomic mass is 10.2. The van der Waals surface area contributed by atoms with Crippen LogP contribution in [-0.4, -0.2) is 0 Å². The Hall–Kier alpha value is -1.80. The van der Waals surface area contributed by atoms with Crippen molar-refractivity contribution in [1.29, 1.82) is 0 Å². The van der Waals surface area contributed by atoms with Gasteiger partial charge in [0.2, 0.25) is 0 Å². The van der Waals surface area contributed by atoms with Crippen LogP contribution in [0.2, 0.25) is 0 Å². The van der Waals surface area contributed by atoms with E-state index in [-0.39, 0.29) is 0 Å². The first-order valence-electron chi connectivity index (χ1n) is 5.75. The van der Waals surface area contributed by atoms with Crippen LogP contribution >= 0.6 is 0 Å². The number of ether oxygens (including phenoxy) is 1. The van der Waals surface area contributed by atoms with E-state index in [1.54, 1.807) is 0 Å². The number of nitrogens with two attached hydrogens (primary N) is 1. The molecule has 0 atom stereocenters. The zero-order valence-electron chi connectivity index (χ0n) is 10.0. The van der Waals surface area contributed by atoms with E-state index in [0.717, 1.165) is 11.3 Å². The van der Waals surface area contributed by atoms with Crippen LogP contribution < -0.4 is 10.5 Å². The fourth-order valence-corrected chi connectivity index (χ4v) is 1.61. The van der Waals surface area contributed by atoms with Crippen molar-refractivity contribution in [2.45, 2.75) is 20.1 Å². The number of hydrogen-bond donors (Lipinski definition) is 1. The van der Waals surface area contributed by atoms with E-state index in [0.29, 0.717) is 13.2 Å². The summed E-state index contributed by atoms with van der Waals surface area (Å²) in [6.07, 6.45) is 0. The molecule has 2 heteroatoms. The maximum atomic E-state index is 5.72. The van der Waals surface area contributed by atoms with Gasteiger partial charge in [-0.2, -0.15) is 0 Å². The van der Waals surface area contributed by atoms with Gasteiger partial charge in [0, 0.05) is 6.54 Å². The van der Waals surface area contributed by atoms with Gasteiger partial charge in [0.15, 0.2) is 0 Å². The zero-order valence-corrected chi connectivity index (χ0v) is 10.0. The van der Waals surface area contributed by atoms with Gasteiger partial charge in [0.05, 0.1) is 0 Å². The van der Waals surface area contributed by atoms with Crippen molar-refractivity contribution in [3.8, 4) is 5.75 Å². The summed E-state index contributed by atoms with van der Waals surface area (Å²) >= 11 is 0. The quantitative estimate of drug-likeness (QED) is 0.871. The molecule has 0 saturated heterocycles. The Labute approximate surface area is 102 Å². The summed E-state index contributed by atoms with van der Waals surface area (Å²) in [5, 5.41) is 0. The Kier molecular flexibility index (Phi) is 3.78. The Morgan fingerprint density at radius 1 is 1.00 bits per heavy atom. The summed E-state index contributed by atoms with van der Waals surface area (Å²) in [5.41, 5.74) is 9.11. The van der Waals surface area contributed by atoms with Crippen molar-refractivity contribution in [1.82, 2.24) is 0 Å². The van der Waals surface area contributed by atoms with Crippen LogP contribution in [0.1, 0.15) is 16.7 Å². The second-order valence-corrected chi connectivity index (χ2v) is 4.13. The summed E-state index contributed by atoms with van der Waals surface area (Å²) in [4.78, 5) is 0. The number of aryl methyl sites for hydroxylation is 1. The van der Waals surface area contributed by atoms with Crippen molar-refractivity contribution < 1.29 is 4.74 Å². The largest absolute Gasteiger partial charge is 0.489 e. The molecule has 0 fully saturated rings. The van der Waals surface area contributed by atoms with Gasteiger partial charge >= 0.3 is 0 Å². The van der Waals surface area contributed by atoms with Crippen molar-refractivity contribution >= 4 is 0 Å². The molecule has 2 nitrogen and oxygen atoms in total. The lowest BCUT2D eigenvalue weighted by Crippen LogP contribution is -1.98. The predicted molar refractivity (Wildman–Crippen MR) is 69.8 cm³/mol. The fraction of sp³-hybridized carbons (Fsp3) is 0.200. The van der Waals surface area contributed by atoms with E-state index < -0.39 is 0 Å². The highest BCUT2D eigenvalue weighted by molar-refractivity contribution is 5.29. The van der Waals surface area contributed by atoms with Crippen LogP contribution in [-0.2, 0) is 13.2 Å². The normalized spacial score (nSPS) is 10.2. The first-order chi connectivity index (χ1) is 8.28. The molecule has 2 aromatic carbocycles. The molecule has 0 bridgehead atoms. The van der Waals surface area contributed by atoms with Gasteiger partial charge in [-0.1, -0.05) is 42.0 Å². The average molecular weight is 227 g/mol. The molecule has 0 aliphatic carbocycles. The van der Waals surface area contributed by atoms with Gasteiger partial charge in [0.25, 0.3) is 0 Å². The van der Waals surface area contributed by atoms with Crippen molar-refractivity contribution in [2.24, 2.45) is 5.73 Å². The van der Waals surface area contributed by atoms with Gasteiger partial charge in [-0.25, -0.2) is 0 Å². The molecule has 2 rings (SSSR count). The molecule has 0 aliphatic heterocycles. The zero-order chi connectivity index (χ0) is 12.1. The minimum absolute atomic E-state index is 0.543. The topological polar surface area (TPSA) is 35.2 Å². The summed E-state index contributed by atoms with van der Waals surface area (Å²) in [6, 6.07) is 16.3. The van der Waals surface area contributed by atoms with Crippen LogP contribution in [0.25, 0.3) is 0 Å². The molecule has 0 aliphatic rings. The molecule has 0 aromatic heterocycles. The fourth-order valence-electron chi connectivity index (χ4n) is 1.61. The standard InChI is InChI=1S/C15H17NO/c1-12-5-7-13(8-6-12)11-17-15-4-2-3-14(9-15)10-16/h2-9H,10-11,16H2,1H3. The minimum atomic E-state index is 0.543. The maximum absolute atomic E-state index is 5.72. The summed E-state index contributed by atoms with van der Waals surface area (Å²) < 4.78 is 5.72. The van der Waals surface area contributed by atoms with Crippen molar-refractivity contribution in [2.75, 3.05) is 0 Å². The van der Waals surface area contributed by atoms with Crippen LogP contribution in [0.4, 0.5) is 0 Å². The summed E-state index contributed by atoms with van der Waals surface area (Å²) in [6.45, 7) is 3.21. The van der Waals surface area contributed by atoms with E-state index >= 15 is 0 Å². The highest BCUT2D eigenvalue weighted by Gasteiger charge is 1.97. The smallest absolute Gasteiger partial charge is 0.120 e. The van der Waals surface area contributed by atoms with Crippen LogP contribution in [0.15, 0.2) is 48.5 Å². The van der Waals surface area contributed by atoms with Crippen LogP contribution in [0.3, 0.4) is 0 Å². The van der Waals surface area contributed by atoms with E-state index in [9.17, 15) is 0 Å². The van der Waals surface area contributed by atoms with E-state index in [2.05, 4.69) is 31.2 Å². The molecule has 17 heavy (non-hydrogen) atoms. The van der Waals surface area contributed by atoms with Crippen LogP contribution in [0.5, 0.6) is 5.75 Å². The van der Waals surface area contributed by atoms with E-state index in [1.807, 2.05) is 24.3 Å². The van der Waals surface area contributed by atoms with Gasteiger partial charge in [0.1, 0.15) is 12.4 Å². The highest BCUT2D eigenvalue weighted by Crippen LogP contribution is 2.15. The monoisotopic (exact) mass is 227 g/mol. The SMILES string of the molecule is Cc1ccc(COc2cccc(CN)c2)cc1. The lowest BCUT2D eigenvalue weighted by Gasteiger charge is -2.07. The summed E-state index contributed by atoms with van der Waals surface area (Å²) in [7, 11) is 0. The van der Waals surface area contributed by atoms with Gasteiger partial charge in [-0.3, -0.25) is 0 Å². The van der Waals surface area contributed by atoms with E-state index in [1.165, 1.54) is 11.1 Å². The second kappa shape index (κ2) is 5.51. The Morgan fingerprint density at radius 2 is 1.76 bits per heavy atom. The number of rotatable bonds is 4. The molecule has 2 N–H and O–H groups in total. The molecule has 0 spiro atoms. The third kappa shape index (κ3) is 3.33. The molecular weight excluding hydrogens is 210 g/mol. The van der Waals surface area contributed by atoms with Crippen LogP contribution in [0, 0.1) is 6.92 Å². The van der Waals surface area contributed by atoms with Gasteiger partial charge < -0.3 is 10.5 Å². The molecule has 0 amide bonds. The first kappa shape index (κ1) is 11.7. The lowest BCUT2D eigenvalue weighted by molar-refractivity contribution is 0.306. The van der Waals surface area contributed by atoms with Gasteiger partial charge in [-0.05, 0) is 30.2 Å². The third-order valence-corrected chi connectivity index (χ3v) is 2.66. The average Bonchev–Trinajstić information content (AvgIpc) is 2.38. The Balaban J connectivity index is 1.99. The highest BCUT2D eigenvalue weighted by atomic mass is 16.5. The maximum Gasteiger partial charge on any atom is 0.120 e. The molecule has 0 saturated carbocycles. The molecule has 88 valence electrons. The second-order valence-electron chi connectivity index (χ2n) is 4.13. The molecule has 0 unspecified atom stereocenters. The third-order valence-electron chi connectivity index (χ3n) is 2.66. The Bertz CT molecular complexity index is 477. The Morgan fingerprint density at radius 3 is 2.47 bits per heavy atom.